The lowest BCUT2D eigenvalue weighted by Gasteiger charge is -2.29. The first-order valence-electron chi connectivity index (χ1n) is 8.55. The molecule has 0 saturated carbocycles. The zero-order valence-electron chi connectivity index (χ0n) is 14.7. The second kappa shape index (κ2) is 7.51. The average molecular weight is 338 g/mol. The van der Waals surface area contributed by atoms with E-state index in [1.54, 1.807) is 12.1 Å². The predicted molar refractivity (Wildman–Crippen MR) is 100 cm³/mol. The first-order chi connectivity index (χ1) is 12.1. The summed E-state index contributed by atoms with van der Waals surface area (Å²) < 4.78 is 13.1. The monoisotopic (exact) mass is 338 g/mol. The molecule has 2 aromatic carbocycles. The zero-order valence-corrected chi connectivity index (χ0v) is 14.7. The highest BCUT2D eigenvalue weighted by Gasteiger charge is 2.16. The molecule has 130 valence electrons. The number of benzene rings is 2. The molecule has 1 aliphatic rings. The molecule has 25 heavy (non-hydrogen) atoms. The molecule has 0 saturated heterocycles. The molecule has 0 unspecified atom stereocenters. The van der Waals surface area contributed by atoms with Gasteiger partial charge in [0, 0.05) is 43.3 Å². The van der Waals surface area contributed by atoms with E-state index in [9.17, 15) is 9.18 Å². The second-order valence-corrected chi connectivity index (χ2v) is 6.58. The van der Waals surface area contributed by atoms with Crippen molar-refractivity contribution in [1.29, 1.82) is 0 Å². The van der Waals surface area contributed by atoms with E-state index in [1.807, 2.05) is 13.2 Å². The fourth-order valence-corrected chi connectivity index (χ4v) is 3.23. The molecule has 3 rings (SSSR count). The van der Waals surface area contributed by atoms with Crippen LogP contribution in [0, 0.1) is 12.7 Å². The zero-order chi connectivity index (χ0) is 17.8. The number of hydrogen-bond donors (Lipinski definition) is 0. The molecule has 3 nitrogen and oxygen atoms in total. The minimum absolute atomic E-state index is 0.228. The molecule has 0 aliphatic carbocycles. The Morgan fingerprint density at radius 3 is 2.68 bits per heavy atom. The molecule has 0 aromatic heterocycles. The number of carbonyl (C=O) groups excluding carboxylic acids is 1. The number of allylic oxidation sites excluding steroid dienone is 1. The van der Waals surface area contributed by atoms with Gasteiger partial charge in [0.05, 0.1) is 0 Å². The van der Waals surface area contributed by atoms with Gasteiger partial charge in [-0.2, -0.15) is 0 Å². The van der Waals surface area contributed by atoms with Crippen LogP contribution in [0.1, 0.15) is 24.0 Å². The molecule has 0 N–H and O–H groups in total. The molecular formula is C21H23FN2O. The third kappa shape index (κ3) is 4.08. The summed E-state index contributed by atoms with van der Waals surface area (Å²) >= 11 is 0. The van der Waals surface area contributed by atoms with Gasteiger partial charge < -0.3 is 9.80 Å². The Morgan fingerprint density at radius 2 is 1.96 bits per heavy atom. The Kier molecular flexibility index (Phi) is 5.17. The summed E-state index contributed by atoms with van der Waals surface area (Å²) in [5.74, 6) is -0.228. The van der Waals surface area contributed by atoms with Gasteiger partial charge in [-0.25, -0.2) is 4.39 Å². The number of rotatable bonds is 5. The van der Waals surface area contributed by atoms with E-state index in [1.165, 1.54) is 23.3 Å². The number of aldehydes is 1. The summed E-state index contributed by atoms with van der Waals surface area (Å²) in [4.78, 5) is 15.4. The number of carbonyl (C=O) groups is 1. The Labute approximate surface area is 148 Å². The van der Waals surface area contributed by atoms with Crippen molar-refractivity contribution in [3.63, 3.8) is 0 Å². The summed E-state index contributed by atoms with van der Waals surface area (Å²) in [6.45, 7) is 3.70. The van der Waals surface area contributed by atoms with E-state index in [2.05, 4.69) is 34.9 Å². The Hall–Kier alpha value is -2.62. The molecule has 1 heterocycles. The van der Waals surface area contributed by atoms with Crippen LogP contribution in [-0.4, -0.2) is 19.9 Å². The smallest absolute Gasteiger partial charge is 0.147 e. The van der Waals surface area contributed by atoms with Gasteiger partial charge >= 0.3 is 0 Å². The molecule has 0 radical (unpaired) electrons. The maximum absolute atomic E-state index is 13.1. The van der Waals surface area contributed by atoms with E-state index in [0.717, 1.165) is 42.6 Å². The quantitative estimate of drug-likeness (QED) is 0.752. The molecule has 0 amide bonds. The van der Waals surface area contributed by atoms with Gasteiger partial charge in [0.1, 0.15) is 12.1 Å². The van der Waals surface area contributed by atoms with Crippen LogP contribution in [-0.2, 0) is 11.3 Å². The first-order valence-corrected chi connectivity index (χ1v) is 8.55. The number of anilines is 2. The van der Waals surface area contributed by atoms with Gasteiger partial charge in [0.2, 0.25) is 0 Å². The molecule has 0 atom stereocenters. The predicted octanol–water partition coefficient (Wildman–Crippen LogP) is 4.45. The van der Waals surface area contributed by atoms with Gasteiger partial charge in [0.15, 0.2) is 0 Å². The number of nitrogens with zero attached hydrogens (tertiary/aromatic N) is 2. The Balaban J connectivity index is 1.89. The van der Waals surface area contributed by atoms with Crippen molar-refractivity contribution in [3.8, 4) is 0 Å². The highest BCUT2D eigenvalue weighted by Crippen LogP contribution is 2.28. The largest absolute Gasteiger partial charge is 0.370 e. The van der Waals surface area contributed by atoms with Crippen LogP contribution >= 0.6 is 0 Å². The van der Waals surface area contributed by atoms with E-state index < -0.39 is 0 Å². The molecule has 0 spiro atoms. The summed E-state index contributed by atoms with van der Waals surface area (Å²) in [7, 11) is 2.00. The second-order valence-electron chi connectivity index (χ2n) is 6.58. The lowest BCUT2D eigenvalue weighted by atomic mass is 10.0. The van der Waals surface area contributed by atoms with Crippen LogP contribution in [0.2, 0.25) is 0 Å². The molecule has 4 heteroatoms. The van der Waals surface area contributed by atoms with Crippen LogP contribution in [0.15, 0.2) is 54.2 Å². The molecule has 0 fully saturated rings. The van der Waals surface area contributed by atoms with E-state index in [4.69, 9.17) is 0 Å². The third-order valence-corrected chi connectivity index (χ3v) is 4.56. The van der Waals surface area contributed by atoms with Crippen molar-refractivity contribution < 1.29 is 9.18 Å². The fraction of sp³-hybridized carbons (Fsp3) is 0.286. The minimum Gasteiger partial charge on any atom is -0.370 e. The summed E-state index contributed by atoms with van der Waals surface area (Å²) in [5, 5.41) is 0. The van der Waals surface area contributed by atoms with Crippen LogP contribution in [0.5, 0.6) is 0 Å². The van der Waals surface area contributed by atoms with Gasteiger partial charge in [-0.1, -0.05) is 17.7 Å². The minimum atomic E-state index is -0.228. The number of hydrogen-bond acceptors (Lipinski definition) is 3. The maximum atomic E-state index is 13.1. The lowest BCUT2D eigenvalue weighted by molar-refractivity contribution is -0.105. The third-order valence-electron chi connectivity index (χ3n) is 4.56. The van der Waals surface area contributed by atoms with Crippen LogP contribution in [0.3, 0.4) is 0 Å². The fourth-order valence-electron chi connectivity index (χ4n) is 3.23. The van der Waals surface area contributed by atoms with Crippen molar-refractivity contribution >= 4 is 17.7 Å². The number of aryl methyl sites for hydroxylation is 1. The van der Waals surface area contributed by atoms with Gasteiger partial charge in [0.25, 0.3) is 0 Å². The maximum Gasteiger partial charge on any atom is 0.147 e. The summed E-state index contributed by atoms with van der Waals surface area (Å²) in [5.41, 5.74) is 5.32. The topological polar surface area (TPSA) is 23.6 Å². The molecule has 2 aromatic rings. The molecule has 0 bridgehead atoms. The van der Waals surface area contributed by atoms with Crippen LogP contribution < -0.4 is 9.80 Å². The SMILES string of the molecule is Cc1ccc(N2C=C(C=O)CCC2)c(CN(C)c2ccc(F)cc2)c1. The lowest BCUT2D eigenvalue weighted by Crippen LogP contribution is -2.25. The van der Waals surface area contributed by atoms with Crippen molar-refractivity contribution in [3.05, 3.63) is 71.2 Å². The van der Waals surface area contributed by atoms with E-state index in [-0.39, 0.29) is 5.82 Å². The van der Waals surface area contributed by atoms with Crippen molar-refractivity contribution in [1.82, 2.24) is 0 Å². The average Bonchev–Trinajstić information content (AvgIpc) is 2.62. The van der Waals surface area contributed by atoms with Crippen LogP contribution in [0.25, 0.3) is 0 Å². The van der Waals surface area contributed by atoms with Gasteiger partial charge in [-0.3, -0.25) is 4.79 Å². The van der Waals surface area contributed by atoms with Crippen molar-refractivity contribution in [2.75, 3.05) is 23.4 Å². The Bertz CT molecular complexity index is 783. The van der Waals surface area contributed by atoms with E-state index in [0.29, 0.717) is 6.54 Å². The van der Waals surface area contributed by atoms with Crippen LogP contribution in [0.4, 0.5) is 15.8 Å². The van der Waals surface area contributed by atoms with Gasteiger partial charge in [-0.05, 0) is 55.7 Å². The highest BCUT2D eigenvalue weighted by molar-refractivity contribution is 5.75. The molecule has 1 aliphatic heterocycles. The molecular weight excluding hydrogens is 315 g/mol. The van der Waals surface area contributed by atoms with E-state index >= 15 is 0 Å². The first kappa shape index (κ1) is 17.2. The van der Waals surface area contributed by atoms with Crippen molar-refractivity contribution in [2.24, 2.45) is 0 Å². The van der Waals surface area contributed by atoms with Crippen molar-refractivity contribution in [2.45, 2.75) is 26.3 Å². The Morgan fingerprint density at radius 1 is 1.20 bits per heavy atom. The normalized spacial score (nSPS) is 14.2. The number of halogens is 1. The highest BCUT2D eigenvalue weighted by atomic mass is 19.1. The summed E-state index contributed by atoms with van der Waals surface area (Å²) in [6.07, 6.45) is 4.73. The standard InChI is InChI=1S/C21H23FN2O/c1-16-5-10-21(24-11-3-4-17(13-24)15-25)18(12-16)14-23(2)20-8-6-19(22)7-9-20/h5-10,12-13,15H,3-4,11,14H2,1-2H3. The summed E-state index contributed by atoms with van der Waals surface area (Å²) in [6, 6.07) is 12.9. The van der Waals surface area contributed by atoms with Gasteiger partial charge in [-0.15, -0.1) is 0 Å².